The first-order valence-electron chi connectivity index (χ1n) is 7.23. The molecule has 1 N–H and O–H groups in total. The average molecular weight is 298 g/mol. The van der Waals surface area contributed by atoms with Gasteiger partial charge in [-0.1, -0.05) is 37.4 Å². The standard InChI is InChI=1S/C16H24ClNS/c1-11-5-4-6-13(9-11)19-14-7-8-15(12(2)18-3)16(17)10-14/h7-8,10-13,18H,4-6,9H2,1-3H3. The molecule has 0 aromatic heterocycles. The minimum absolute atomic E-state index is 0.307. The van der Waals surface area contributed by atoms with Crippen LogP contribution in [-0.2, 0) is 0 Å². The lowest BCUT2D eigenvalue weighted by atomic mass is 9.91. The molecule has 3 unspecified atom stereocenters. The molecule has 0 spiro atoms. The first-order chi connectivity index (χ1) is 9.10. The summed E-state index contributed by atoms with van der Waals surface area (Å²) in [5.74, 6) is 0.880. The molecule has 19 heavy (non-hydrogen) atoms. The van der Waals surface area contributed by atoms with Gasteiger partial charge in [0.1, 0.15) is 0 Å². The molecule has 0 heterocycles. The Bertz CT molecular complexity index is 421. The van der Waals surface area contributed by atoms with Gasteiger partial charge in [-0.25, -0.2) is 0 Å². The van der Waals surface area contributed by atoms with Gasteiger partial charge in [0.05, 0.1) is 0 Å². The van der Waals surface area contributed by atoms with Crippen LogP contribution in [-0.4, -0.2) is 12.3 Å². The Morgan fingerprint density at radius 2 is 2.16 bits per heavy atom. The summed E-state index contributed by atoms with van der Waals surface area (Å²) in [7, 11) is 1.97. The number of rotatable bonds is 4. The van der Waals surface area contributed by atoms with Crippen molar-refractivity contribution in [3.63, 3.8) is 0 Å². The van der Waals surface area contributed by atoms with Crippen LogP contribution in [0.3, 0.4) is 0 Å². The highest BCUT2D eigenvalue weighted by atomic mass is 35.5. The van der Waals surface area contributed by atoms with Crippen LogP contribution in [0.5, 0.6) is 0 Å². The fourth-order valence-electron chi connectivity index (χ4n) is 2.77. The lowest BCUT2D eigenvalue weighted by Gasteiger charge is -2.26. The summed E-state index contributed by atoms with van der Waals surface area (Å²) in [4.78, 5) is 1.32. The molecule has 3 atom stereocenters. The third kappa shape index (κ3) is 4.14. The second-order valence-electron chi connectivity index (χ2n) is 5.71. The summed E-state index contributed by atoms with van der Waals surface area (Å²) < 4.78 is 0. The van der Waals surface area contributed by atoms with E-state index in [1.165, 1.54) is 36.1 Å². The summed E-state index contributed by atoms with van der Waals surface area (Å²) in [5, 5.41) is 4.89. The Labute approximate surface area is 126 Å². The fourth-order valence-corrected chi connectivity index (χ4v) is 4.60. The van der Waals surface area contributed by atoms with E-state index in [9.17, 15) is 0 Å². The molecule has 0 bridgehead atoms. The Hall–Kier alpha value is -0.180. The van der Waals surface area contributed by atoms with Crippen LogP contribution in [0.1, 0.15) is 51.1 Å². The summed E-state index contributed by atoms with van der Waals surface area (Å²) >= 11 is 8.40. The molecule has 1 aromatic rings. The molecule has 1 aliphatic carbocycles. The maximum atomic E-state index is 6.40. The highest BCUT2D eigenvalue weighted by Gasteiger charge is 2.20. The summed E-state index contributed by atoms with van der Waals surface area (Å²) in [5.41, 5.74) is 1.19. The Morgan fingerprint density at radius 1 is 1.37 bits per heavy atom. The first kappa shape index (κ1) is 15.2. The summed E-state index contributed by atoms with van der Waals surface area (Å²) in [6, 6.07) is 6.83. The quantitative estimate of drug-likeness (QED) is 0.810. The third-order valence-corrected chi connectivity index (χ3v) is 5.68. The highest BCUT2D eigenvalue weighted by Crippen LogP contribution is 2.37. The van der Waals surface area contributed by atoms with Crippen molar-refractivity contribution in [1.29, 1.82) is 0 Å². The second kappa shape index (κ2) is 7.01. The number of halogens is 1. The van der Waals surface area contributed by atoms with Crippen molar-refractivity contribution < 1.29 is 0 Å². The molecule has 1 aliphatic rings. The maximum Gasteiger partial charge on any atom is 0.0464 e. The molecular weight excluding hydrogens is 274 g/mol. The predicted octanol–water partition coefficient (Wildman–Crippen LogP) is 5.29. The first-order valence-corrected chi connectivity index (χ1v) is 8.49. The molecule has 0 saturated heterocycles. The van der Waals surface area contributed by atoms with Crippen molar-refractivity contribution in [2.75, 3.05) is 7.05 Å². The molecule has 1 nitrogen and oxygen atoms in total. The van der Waals surface area contributed by atoms with Crippen molar-refractivity contribution in [2.24, 2.45) is 5.92 Å². The van der Waals surface area contributed by atoms with Crippen LogP contribution in [0.4, 0.5) is 0 Å². The fraction of sp³-hybridized carbons (Fsp3) is 0.625. The third-order valence-electron chi connectivity index (χ3n) is 4.06. The van der Waals surface area contributed by atoms with Gasteiger partial charge in [0.2, 0.25) is 0 Å². The van der Waals surface area contributed by atoms with Crippen molar-refractivity contribution in [2.45, 2.75) is 55.7 Å². The number of hydrogen-bond donors (Lipinski definition) is 1. The molecule has 2 rings (SSSR count). The van der Waals surface area contributed by atoms with Gasteiger partial charge in [0.25, 0.3) is 0 Å². The molecule has 0 amide bonds. The van der Waals surface area contributed by atoms with Crippen molar-refractivity contribution in [1.82, 2.24) is 5.32 Å². The van der Waals surface area contributed by atoms with Crippen LogP contribution in [0.2, 0.25) is 5.02 Å². The largest absolute Gasteiger partial charge is 0.313 e. The Morgan fingerprint density at radius 3 is 2.79 bits per heavy atom. The van der Waals surface area contributed by atoms with Crippen LogP contribution >= 0.6 is 23.4 Å². The second-order valence-corrected chi connectivity index (χ2v) is 7.49. The predicted molar refractivity (Wildman–Crippen MR) is 86.2 cm³/mol. The zero-order valence-electron chi connectivity index (χ0n) is 12.1. The van der Waals surface area contributed by atoms with Gasteiger partial charge in [0.15, 0.2) is 0 Å². The summed E-state index contributed by atoms with van der Waals surface area (Å²) in [6.45, 7) is 4.51. The lowest BCUT2D eigenvalue weighted by Crippen LogP contribution is -2.15. The molecule has 0 aliphatic heterocycles. The van der Waals surface area contributed by atoms with Crippen molar-refractivity contribution in [3.05, 3.63) is 28.8 Å². The Kier molecular flexibility index (Phi) is 5.61. The molecule has 3 heteroatoms. The number of benzene rings is 1. The van der Waals surface area contributed by atoms with E-state index in [1.54, 1.807) is 0 Å². The average Bonchev–Trinajstić information content (AvgIpc) is 2.38. The number of nitrogens with one attached hydrogen (secondary N) is 1. The molecule has 1 fully saturated rings. The zero-order chi connectivity index (χ0) is 13.8. The minimum atomic E-state index is 0.307. The zero-order valence-corrected chi connectivity index (χ0v) is 13.7. The minimum Gasteiger partial charge on any atom is -0.313 e. The number of thioether (sulfide) groups is 1. The van der Waals surface area contributed by atoms with E-state index in [0.717, 1.165) is 16.2 Å². The monoisotopic (exact) mass is 297 g/mol. The number of hydrogen-bond acceptors (Lipinski definition) is 2. The molecule has 1 aromatic carbocycles. The Balaban J connectivity index is 2.03. The van der Waals surface area contributed by atoms with E-state index >= 15 is 0 Å². The lowest BCUT2D eigenvalue weighted by molar-refractivity contribution is 0.394. The van der Waals surface area contributed by atoms with Gasteiger partial charge in [-0.3, -0.25) is 0 Å². The van der Waals surface area contributed by atoms with Crippen LogP contribution in [0.15, 0.2) is 23.1 Å². The van der Waals surface area contributed by atoms with Crippen LogP contribution in [0.25, 0.3) is 0 Å². The topological polar surface area (TPSA) is 12.0 Å². The molecular formula is C16H24ClNS. The van der Waals surface area contributed by atoms with Gasteiger partial charge < -0.3 is 5.32 Å². The van der Waals surface area contributed by atoms with Crippen LogP contribution < -0.4 is 5.32 Å². The van der Waals surface area contributed by atoms with Crippen molar-refractivity contribution >= 4 is 23.4 Å². The van der Waals surface area contributed by atoms with E-state index < -0.39 is 0 Å². The van der Waals surface area contributed by atoms with E-state index in [1.807, 2.05) is 18.8 Å². The van der Waals surface area contributed by atoms with Gasteiger partial charge in [-0.15, -0.1) is 11.8 Å². The SMILES string of the molecule is CNC(C)c1ccc(SC2CCCC(C)C2)cc1Cl. The molecule has 1 saturated carbocycles. The van der Waals surface area contributed by atoms with Crippen molar-refractivity contribution in [3.8, 4) is 0 Å². The van der Waals surface area contributed by atoms with E-state index in [0.29, 0.717) is 6.04 Å². The highest BCUT2D eigenvalue weighted by molar-refractivity contribution is 8.00. The van der Waals surface area contributed by atoms with Gasteiger partial charge >= 0.3 is 0 Å². The van der Waals surface area contributed by atoms with E-state index in [2.05, 4.69) is 37.4 Å². The van der Waals surface area contributed by atoms with E-state index in [-0.39, 0.29) is 0 Å². The summed E-state index contributed by atoms with van der Waals surface area (Å²) in [6.07, 6.45) is 5.47. The normalized spacial score (nSPS) is 25.3. The molecule has 106 valence electrons. The smallest absolute Gasteiger partial charge is 0.0464 e. The van der Waals surface area contributed by atoms with Crippen LogP contribution in [0, 0.1) is 5.92 Å². The van der Waals surface area contributed by atoms with Gasteiger partial charge in [-0.05, 0) is 50.4 Å². The maximum absolute atomic E-state index is 6.40. The van der Waals surface area contributed by atoms with Gasteiger partial charge in [0, 0.05) is 21.2 Å². The van der Waals surface area contributed by atoms with Gasteiger partial charge in [-0.2, -0.15) is 0 Å². The molecule has 0 radical (unpaired) electrons. The van der Waals surface area contributed by atoms with E-state index in [4.69, 9.17) is 11.6 Å².